The zero-order valence-corrected chi connectivity index (χ0v) is 7.23. The minimum atomic E-state index is 0.368. The Kier molecular flexibility index (Phi) is 3.21. The van der Waals surface area contributed by atoms with E-state index in [4.69, 9.17) is 0 Å². The number of hydrogen-bond donors (Lipinski definition) is 0. The quantitative estimate of drug-likeness (QED) is 0.469. The molecule has 0 aromatic carbocycles. The Balaban J connectivity index is 2.13. The van der Waals surface area contributed by atoms with Crippen molar-refractivity contribution in [2.24, 2.45) is 0 Å². The van der Waals surface area contributed by atoms with Crippen LogP contribution in [0.1, 0.15) is 32.1 Å². The van der Waals surface area contributed by atoms with Gasteiger partial charge in [-0.25, -0.2) is 0 Å². The van der Waals surface area contributed by atoms with Gasteiger partial charge in [-0.05, 0) is 0 Å². The molecular weight excluding hydrogens is 108 g/mol. The molecule has 0 heterocycles. The van der Waals surface area contributed by atoms with Crippen LogP contribution in [0.25, 0.3) is 0 Å². The summed E-state index contributed by atoms with van der Waals surface area (Å²) in [4.78, 5) is 0. The minimum Gasteiger partial charge on any atom is -0.157 e. The maximum Gasteiger partial charge on any atom is 0.364 e. The molecule has 1 aliphatic carbocycles. The van der Waals surface area contributed by atoms with Crippen LogP contribution >= 0.6 is 0 Å². The van der Waals surface area contributed by atoms with Gasteiger partial charge in [0.05, 0.1) is 0 Å². The molecular formula is C7H14Mg. The smallest absolute Gasteiger partial charge is 0.157 e. The van der Waals surface area contributed by atoms with Crippen molar-refractivity contribution in [2.45, 2.75) is 41.2 Å². The van der Waals surface area contributed by atoms with Crippen LogP contribution in [0, 0.1) is 0 Å². The van der Waals surface area contributed by atoms with Crippen LogP contribution in [0.3, 0.4) is 0 Å². The lowest BCUT2D eigenvalue weighted by molar-refractivity contribution is 0.501. The largest absolute Gasteiger partial charge is 0.364 e. The topological polar surface area (TPSA) is 0 Å². The highest BCUT2D eigenvalue weighted by Gasteiger charge is 2.11. The summed E-state index contributed by atoms with van der Waals surface area (Å²) in [5.74, 6) is 0. The van der Waals surface area contributed by atoms with Crippen molar-refractivity contribution < 1.29 is 0 Å². The summed E-state index contributed by atoms with van der Waals surface area (Å²) in [6.45, 7) is 0. The number of hydrogen-bond acceptors (Lipinski definition) is 0. The van der Waals surface area contributed by atoms with Crippen molar-refractivity contribution in [3.05, 3.63) is 0 Å². The molecule has 0 atom stereocenters. The van der Waals surface area contributed by atoms with Gasteiger partial charge in [0.15, 0.2) is 0 Å². The van der Waals surface area contributed by atoms with Crippen molar-refractivity contribution in [1.29, 1.82) is 0 Å². The fourth-order valence-corrected chi connectivity index (χ4v) is 2.99. The van der Waals surface area contributed by atoms with E-state index in [0.29, 0.717) is 20.4 Å². The van der Waals surface area contributed by atoms with Crippen molar-refractivity contribution in [3.63, 3.8) is 0 Å². The molecule has 0 spiro atoms. The van der Waals surface area contributed by atoms with Crippen LogP contribution < -0.4 is 0 Å². The van der Waals surface area contributed by atoms with Gasteiger partial charge in [0.2, 0.25) is 0 Å². The van der Waals surface area contributed by atoms with E-state index in [1.54, 1.807) is 12.8 Å². The van der Waals surface area contributed by atoms with E-state index in [1.807, 2.05) is 0 Å². The molecule has 0 radical (unpaired) electrons. The molecule has 0 aromatic rings. The van der Waals surface area contributed by atoms with E-state index >= 15 is 0 Å². The Hall–Kier alpha value is 0.766. The van der Waals surface area contributed by atoms with E-state index in [0.717, 1.165) is 0 Å². The summed E-state index contributed by atoms with van der Waals surface area (Å²) in [5.41, 5.74) is 0. The molecule has 0 saturated heterocycles. The maximum atomic E-state index is 2.45. The average molecular weight is 122 g/mol. The van der Waals surface area contributed by atoms with Gasteiger partial charge < -0.3 is 0 Å². The predicted molar refractivity (Wildman–Crippen MR) is 38.5 cm³/mol. The standard InChI is InChI=1S/C6H11.CH3.Mg/c1-2-4-6-5-3-1;;/h1H,2-6H2;1H3;. The zero-order valence-electron chi connectivity index (χ0n) is 5.82. The Labute approximate surface area is 61.8 Å². The lowest BCUT2D eigenvalue weighted by Crippen LogP contribution is -2.04. The molecule has 1 saturated carbocycles. The Morgan fingerprint density at radius 2 is 1.75 bits per heavy atom. The van der Waals surface area contributed by atoms with E-state index in [1.165, 1.54) is 23.3 Å². The molecule has 1 heteroatoms. The van der Waals surface area contributed by atoms with E-state index in [2.05, 4.69) is 5.05 Å². The third-order valence-corrected chi connectivity index (χ3v) is 4.27. The Morgan fingerprint density at radius 1 is 1.12 bits per heavy atom. The van der Waals surface area contributed by atoms with Crippen LogP contribution in [0.2, 0.25) is 9.10 Å². The van der Waals surface area contributed by atoms with Gasteiger partial charge in [-0.3, -0.25) is 0 Å². The maximum absolute atomic E-state index is 2.45. The van der Waals surface area contributed by atoms with Crippen LogP contribution in [-0.4, -0.2) is 20.4 Å². The fraction of sp³-hybridized carbons (Fsp3) is 1.00. The van der Waals surface area contributed by atoms with Gasteiger partial charge in [0.1, 0.15) is 0 Å². The third kappa shape index (κ3) is 1.94. The predicted octanol–water partition coefficient (Wildman–Crippen LogP) is 2.49. The summed E-state index contributed by atoms with van der Waals surface area (Å²) >= 11 is 0.368. The van der Waals surface area contributed by atoms with E-state index in [9.17, 15) is 0 Å². The third-order valence-electron chi connectivity index (χ3n) is 2.30. The molecule has 0 unspecified atom stereocenters. The first-order valence-corrected chi connectivity index (χ1v) is 6.16. The molecule has 8 heavy (non-hydrogen) atoms. The minimum absolute atomic E-state index is 0.368. The highest BCUT2D eigenvalue weighted by Crippen LogP contribution is 2.27. The molecule has 1 fully saturated rings. The molecule has 0 bridgehead atoms. The first kappa shape index (κ1) is 6.88. The fourth-order valence-electron chi connectivity index (χ4n) is 1.60. The summed E-state index contributed by atoms with van der Waals surface area (Å²) in [5, 5.41) is 2.45. The van der Waals surface area contributed by atoms with Crippen molar-refractivity contribution >= 4 is 20.4 Å². The van der Waals surface area contributed by atoms with Gasteiger partial charge in [-0.1, -0.05) is 32.1 Å². The molecule has 0 nitrogen and oxygen atoms in total. The van der Waals surface area contributed by atoms with Gasteiger partial charge in [0, 0.05) is 0 Å². The summed E-state index contributed by atoms with van der Waals surface area (Å²) in [6, 6.07) is 0. The molecule has 1 rings (SSSR count). The van der Waals surface area contributed by atoms with E-state index < -0.39 is 0 Å². The van der Waals surface area contributed by atoms with Crippen molar-refractivity contribution in [2.75, 3.05) is 0 Å². The van der Waals surface area contributed by atoms with E-state index in [-0.39, 0.29) is 0 Å². The SMILES string of the molecule is [CH3][Mg][CH]1CCCCC1. The van der Waals surface area contributed by atoms with Crippen LogP contribution in [0.15, 0.2) is 0 Å². The van der Waals surface area contributed by atoms with Crippen LogP contribution in [0.4, 0.5) is 0 Å². The zero-order chi connectivity index (χ0) is 5.82. The first-order valence-electron chi connectivity index (χ1n) is 3.93. The molecule has 44 valence electrons. The highest BCUT2D eigenvalue weighted by molar-refractivity contribution is 6.35. The van der Waals surface area contributed by atoms with Crippen LogP contribution in [0.5, 0.6) is 0 Å². The van der Waals surface area contributed by atoms with Gasteiger partial charge in [-0.15, -0.1) is 4.05 Å². The normalized spacial score (nSPS) is 22.6. The summed E-state index contributed by atoms with van der Waals surface area (Å²) in [7, 11) is 0. The molecule has 0 N–H and O–H groups in total. The van der Waals surface area contributed by atoms with Gasteiger partial charge >= 0.3 is 20.4 Å². The summed E-state index contributed by atoms with van der Waals surface area (Å²) < 4.78 is 1.23. The van der Waals surface area contributed by atoms with Gasteiger partial charge in [0.25, 0.3) is 0 Å². The lowest BCUT2D eigenvalue weighted by Gasteiger charge is -2.19. The second-order valence-corrected chi connectivity index (χ2v) is 4.88. The molecule has 0 amide bonds. The Morgan fingerprint density at radius 3 is 2.12 bits per heavy atom. The monoisotopic (exact) mass is 122 g/mol. The first-order chi connectivity index (χ1) is 3.93. The lowest BCUT2D eigenvalue weighted by atomic mass is 10.00. The van der Waals surface area contributed by atoms with Crippen LogP contribution in [-0.2, 0) is 0 Å². The summed E-state index contributed by atoms with van der Waals surface area (Å²) in [6.07, 6.45) is 7.73. The molecule has 0 aromatic heterocycles. The second-order valence-electron chi connectivity index (χ2n) is 2.91. The second kappa shape index (κ2) is 3.73. The Bertz CT molecular complexity index is 55.4. The number of rotatable bonds is 1. The van der Waals surface area contributed by atoms with Gasteiger partial charge in [-0.2, -0.15) is 5.05 Å². The average Bonchev–Trinajstić information content (AvgIpc) is 1.90. The highest BCUT2D eigenvalue weighted by atomic mass is 24.5. The molecule has 1 aliphatic rings. The molecule has 0 aliphatic heterocycles. The van der Waals surface area contributed by atoms with Crippen molar-refractivity contribution in [3.8, 4) is 0 Å². The van der Waals surface area contributed by atoms with Crippen molar-refractivity contribution in [1.82, 2.24) is 0 Å².